The van der Waals surface area contributed by atoms with Gasteiger partial charge in [-0.15, -0.1) is 0 Å². The van der Waals surface area contributed by atoms with Crippen LogP contribution in [0.5, 0.6) is 0 Å². The monoisotopic (exact) mass is 285 g/mol. The number of aliphatic hydroxyl groups is 1. The molecule has 1 rings (SSSR count). The summed E-state index contributed by atoms with van der Waals surface area (Å²) in [5.74, 6) is -0.455. The summed E-state index contributed by atoms with van der Waals surface area (Å²) in [7, 11) is 0. The molecule has 0 aliphatic rings. The molecule has 1 N–H and O–H groups in total. The van der Waals surface area contributed by atoms with Crippen LogP contribution in [0.25, 0.3) is 6.08 Å². The first kappa shape index (κ1) is 18.4. The molecular formula is C17H19NO3. The number of nitrogens with zero attached hydrogens (tertiary/aromatic N) is 1. The van der Waals surface area contributed by atoms with Crippen molar-refractivity contribution >= 4 is 12.0 Å². The van der Waals surface area contributed by atoms with Gasteiger partial charge in [-0.1, -0.05) is 55.1 Å². The largest absolute Gasteiger partial charge is 0.460 e. The molecule has 0 aliphatic heterocycles. The van der Waals surface area contributed by atoms with Crippen molar-refractivity contribution in [2.75, 3.05) is 13.2 Å². The number of carbonyl (C=O) groups excluding carboxylic acids is 1. The summed E-state index contributed by atoms with van der Waals surface area (Å²) in [5.41, 5.74) is 1.49. The van der Waals surface area contributed by atoms with Gasteiger partial charge >= 0.3 is 5.97 Å². The molecule has 0 heterocycles. The highest BCUT2D eigenvalue weighted by Gasteiger charge is 1.99. The van der Waals surface area contributed by atoms with Crippen molar-refractivity contribution in [2.45, 2.75) is 6.92 Å². The minimum absolute atomic E-state index is 0.0473. The van der Waals surface area contributed by atoms with E-state index in [2.05, 4.69) is 11.3 Å². The summed E-state index contributed by atoms with van der Waals surface area (Å²) in [4.78, 5) is 10.5. The Labute approximate surface area is 125 Å². The standard InChI is InChI=1S/C11H9N.C6H10O3/c12-10-6-2-5-9-11-7-3-1-4-8-11;1-5(2)6(8)9-4-3-7/h1-9H;7H,1,3-4H2,2H3. The fourth-order valence-corrected chi connectivity index (χ4v) is 1.09. The Balaban J connectivity index is 0.000000400. The molecule has 0 fully saturated rings. The van der Waals surface area contributed by atoms with Crippen LogP contribution in [-0.2, 0) is 9.53 Å². The van der Waals surface area contributed by atoms with Crippen molar-refractivity contribution in [3.63, 3.8) is 0 Å². The van der Waals surface area contributed by atoms with Crippen LogP contribution in [0.15, 0.2) is 60.7 Å². The van der Waals surface area contributed by atoms with E-state index in [1.807, 2.05) is 48.6 Å². The maximum Gasteiger partial charge on any atom is 0.333 e. The number of rotatable bonds is 5. The summed E-state index contributed by atoms with van der Waals surface area (Å²) in [5, 5.41) is 16.4. The van der Waals surface area contributed by atoms with Crippen molar-refractivity contribution in [2.24, 2.45) is 0 Å². The lowest BCUT2D eigenvalue weighted by Crippen LogP contribution is -2.08. The molecule has 0 spiro atoms. The number of nitriles is 1. The van der Waals surface area contributed by atoms with E-state index in [-0.39, 0.29) is 13.2 Å². The third-order valence-electron chi connectivity index (χ3n) is 2.04. The van der Waals surface area contributed by atoms with E-state index >= 15 is 0 Å². The number of hydrogen-bond donors (Lipinski definition) is 1. The Bertz CT molecular complexity index is 525. The van der Waals surface area contributed by atoms with Gasteiger partial charge < -0.3 is 9.84 Å². The zero-order valence-corrected chi connectivity index (χ0v) is 12.0. The molecule has 21 heavy (non-hydrogen) atoms. The number of benzene rings is 1. The van der Waals surface area contributed by atoms with Gasteiger partial charge in [0.15, 0.2) is 0 Å². The second-order valence-corrected chi connectivity index (χ2v) is 3.90. The van der Waals surface area contributed by atoms with E-state index in [0.29, 0.717) is 5.57 Å². The first-order chi connectivity index (χ1) is 10.1. The molecule has 1 aromatic rings. The van der Waals surface area contributed by atoms with Gasteiger partial charge in [-0.05, 0) is 12.5 Å². The quantitative estimate of drug-likeness (QED) is 0.391. The zero-order chi connectivity index (χ0) is 15.9. The molecular weight excluding hydrogens is 266 g/mol. The Morgan fingerprint density at radius 3 is 2.57 bits per heavy atom. The van der Waals surface area contributed by atoms with E-state index in [4.69, 9.17) is 10.4 Å². The third kappa shape index (κ3) is 10.9. The van der Waals surface area contributed by atoms with Crippen molar-refractivity contribution in [3.8, 4) is 6.07 Å². The number of ether oxygens (including phenoxy) is 1. The van der Waals surface area contributed by atoms with Crippen LogP contribution in [0.2, 0.25) is 0 Å². The highest BCUT2D eigenvalue weighted by Crippen LogP contribution is 2.00. The van der Waals surface area contributed by atoms with Crippen LogP contribution in [0.1, 0.15) is 12.5 Å². The predicted molar refractivity (Wildman–Crippen MR) is 83.1 cm³/mol. The molecule has 0 bridgehead atoms. The zero-order valence-electron chi connectivity index (χ0n) is 12.0. The summed E-state index contributed by atoms with van der Waals surface area (Å²) in [6.07, 6.45) is 6.96. The molecule has 0 amide bonds. The van der Waals surface area contributed by atoms with Crippen molar-refractivity contribution in [1.82, 2.24) is 0 Å². The first-order valence-corrected chi connectivity index (χ1v) is 6.33. The van der Waals surface area contributed by atoms with Gasteiger partial charge in [-0.2, -0.15) is 5.26 Å². The summed E-state index contributed by atoms with van der Waals surface area (Å²) in [6.45, 7) is 4.81. The number of allylic oxidation sites excluding steroid dienone is 3. The molecule has 0 saturated heterocycles. The second kappa shape index (κ2) is 12.4. The van der Waals surface area contributed by atoms with E-state index in [9.17, 15) is 4.79 Å². The van der Waals surface area contributed by atoms with E-state index < -0.39 is 5.97 Å². The Morgan fingerprint density at radius 1 is 1.38 bits per heavy atom. The summed E-state index contributed by atoms with van der Waals surface area (Å²) in [6, 6.07) is 11.9. The Hall–Kier alpha value is -2.64. The lowest BCUT2D eigenvalue weighted by atomic mass is 10.2. The van der Waals surface area contributed by atoms with Crippen LogP contribution in [0, 0.1) is 11.3 Å². The van der Waals surface area contributed by atoms with Crippen molar-refractivity contribution in [3.05, 3.63) is 66.3 Å². The van der Waals surface area contributed by atoms with Gasteiger partial charge in [0.2, 0.25) is 0 Å². The Kier molecular flexibility index (Phi) is 10.8. The van der Waals surface area contributed by atoms with Crippen LogP contribution in [0.4, 0.5) is 0 Å². The number of carbonyl (C=O) groups is 1. The number of hydrogen-bond acceptors (Lipinski definition) is 4. The minimum Gasteiger partial charge on any atom is -0.460 e. The normalized spacial score (nSPS) is 9.76. The smallest absolute Gasteiger partial charge is 0.333 e. The fraction of sp³-hybridized carbons (Fsp3) is 0.176. The highest BCUT2D eigenvalue weighted by molar-refractivity contribution is 5.86. The van der Waals surface area contributed by atoms with E-state index in [1.165, 1.54) is 6.08 Å². The molecule has 0 radical (unpaired) electrons. The highest BCUT2D eigenvalue weighted by atomic mass is 16.5. The molecule has 0 aromatic heterocycles. The second-order valence-electron chi connectivity index (χ2n) is 3.90. The number of aliphatic hydroxyl groups excluding tert-OH is 1. The average molecular weight is 285 g/mol. The summed E-state index contributed by atoms with van der Waals surface area (Å²) >= 11 is 0. The van der Waals surface area contributed by atoms with Crippen LogP contribution in [-0.4, -0.2) is 24.3 Å². The molecule has 0 saturated carbocycles. The maximum atomic E-state index is 10.5. The third-order valence-corrected chi connectivity index (χ3v) is 2.04. The van der Waals surface area contributed by atoms with Gasteiger partial charge in [-0.3, -0.25) is 0 Å². The van der Waals surface area contributed by atoms with Gasteiger partial charge in [0.1, 0.15) is 6.61 Å². The first-order valence-electron chi connectivity index (χ1n) is 6.33. The molecule has 4 heteroatoms. The molecule has 0 atom stereocenters. The topological polar surface area (TPSA) is 70.3 Å². The maximum absolute atomic E-state index is 10.5. The molecule has 0 aliphatic carbocycles. The van der Waals surface area contributed by atoms with Crippen LogP contribution >= 0.6 is 0 Å². The van der Waals surface area contributed by atoms with Gasteiger partial charge in [0.25, 0.3) is 0 Å². The minimum atomic E-state index is -0.455. The van der Waals surface area contributed by atoms with Gasteiger partial charge in [0.05, 0.1) is 12.7 Å². The van der Waals surface area contributed by atoms with E-state index in [0.717, 1.165) is 5.56 Å². The van der Waals surface area contributed by atoms with Gasteiger partial charge in [-0.25, -0.2) is 4.79 Å². The lowest BCUT2D eigenvalue weighted by Gasteiger charge is -1.99. The predicted octanol–water partition coefficient (Wildman–Crippen LogP) is 2.88. The molecule has 1 aromatic carbocycles. The van der Waals surface area contributed by atoms with Crippen molar-refractivity contribution in [1.29, 1.82) is 5.26 Å². The molecule has 110 valence electrons. The lowest BCUT2D eigenvalue weighted by molar-refractivity contribution is -0.139. The Morgan fingerprint density at radius 2 is 2.05 bits per heavy atom. The fourth-order valence-electron chi connectivity index (χ4n) is 1.09. The summed E-state index contributed by atoms with van der Waals surface area (Å²) < 4.78 is 4.46. The van der Waals surface area contributed by atoms with Crippen LogP contribution in [0.3, 0.4) is 0 Å². The average Bonchev–Trinajstić information content (AvgIpc) is 2.51. The van der Waals surface area contributed by atoms with E-state index in [1.54, 1.807) is 13.0 Å². The molecule has 4 nitrogen and oxygen atoms in total. The van der Waals surface area contributed by atoms with Crippen LogP contribution < -0.4 is 0 Å². The van der Waals surface area contributed by atoms with Crippen molar-refractivity contribution < 1.29 is 14.6 Å². The SMILES string of the molecule is C=C(C)C(=O)OCCO.N#CC=CC=Cc1ccccc1. The van der Waals surface area contributed by atoms with Gasteiger partial charge in [0, 0.05) is 11.6 Å². The number of esters is 1. The molecule has 0 unspecified atom stereocenters.